The van der Waals surface area contributed by atoms with Crippen molar-refractivity contribution in [3.63, 3.8) is 0 Å². The van der Waals surface area contributed by atoms with Gasteiger partial charge in [-0.15, -0.1) is 0 Å². The molecule has 0 atom stereocenters. The normalized spacial score (nSPS) is 10.7. The van der Waals surface area contributed by atoms with Crippen LogP contribution < -0.4 is 5.32 Å². The third-order valence-corrected chi connectivity index (χ3v) is 2.90. The van der Waals surface area contributed by atoms with E-state index < -0.39 is 0 Å². The summed E-state index contributed by atoms with van der Waals surface area (Å²) in [5.74, 6) is 0.169. The highest BCUT2D eigenvalue weighted by Crippen LogP contribution is 2.21. The second-order valence-corrected chi connectivity index (χ2v) is 4.23. The predicted molar refractivity (Wildman–Crippen MR) is 73.7 cm³/mol. The maximum Gasteiger partial charge on any atom is 0.140 e. The fourth-order valence-electron chi connectivity index (χ4n) is 1.97. The van der Waals surface area contributed by atoms with Crippen LogP contribution in [-0.4, -0.2) is 26.5 Å². The van der Waals surface area contributed by atoms with Crippen LogP contribution in [0.4, 0.5) is 10.2 Å². The van der Waals surface area contributed by atoms with Gasteiger partial charge in [0.2, 0.25) is 0 Å². The molecule has 0 fully saturated rings. The number of benzene rings is 1. The standard InChI is InChI=1S/C14H12FN5/c15-11-2-1-3-12-13(11)14(20-9-19-12)18-5-4-10-8-16-6-7-17-10/h1-3,6-9H,4-5H2,(H,18,19,20). The van der Waals surface area contributed by atoms with Crippen molar-refractivity contribution >= 4 is 16.7 Å². The number of aromatic nitrogens is 4. The number of nitrogens with one attached hydrogen (secondary N) is 1. The van der Waals surface area contributed by atoms with Crippen molar-refractivity contribution in [3.8, 4) is 0 Å². The molecular weight excluding hydrogens is 257 g/mol. The maximum atomic E-state index is 13.9. The Morgan fingerprint density at radius 2 is 2.05 bits per heavy atom. The number of rotatable bonds is 4. The first-order valence-electron chi connectivity index (χ1n) is 6.22. The molecule has 1 N–H and O–H groups in total. The molecule has 100 valence electrons. The monoisotopic (exact) mass is 269 g/mol. The average Bonchev–Trinajstić information content (AvgIpc) is 2.49. The highest BCUT2D eigenvalue weighted by atomic mass is 19.1. The number of halogens is 1. The van der Waals surface area contributed by atoms with Crippen molar-refractivity contribution in [2.75, 3.05) is 11.9 Å². The Labute approximate surface area is 114 Å². The second kappa shape index (κ2) is 5.56. The van der Waals surface area contributed by atoms with Crippen LogP contribution >= 0.6 is 0 Å². The summed E-state index contributed by atoms with van der Waals surface area (Å²) in [5.41, 5.74) is 1.46. The molecule has 0 bridgehead atoms. The van der Waals surface area contributed by atoms with Crippen molar-refractivity contribution in [1.82, 2.24) is 19.9 Å². The number of hydrogen-bond acceptors (Lipinski definition) is 5. The number of anilines is 1. The molecule has 6 heteroatoms. The Hall–Kier alpha value is -2.63. The van der Waals surface area contributed by atoms with Gasteiger partial charge in [-0.2, -0.15) is 0 Å². The van der Waals surface area contributed by atoms with E-state index in [0.717, 1.165) is 5.69 Å². The van der Waals surface area contributed by atoms with Crippen LogP contribution in [0, 0.1) is 5.82 Å². The van der Waals surface area contributed by atoms with E-state index in [4.69, 9.17) is 0 Å². The minimum atomic E-state index is -0.329. The summed E-state index contributed by atoms with van der Waals surface area (Å²) >= 11 is 0. The summed E-state index contributed by atoms with van der Waals surface area (Å²) in [6, 6.07) is 4.79. The van der Waals surface area contributed by atoms with Gasteiger partial charge in [0.05, 0.1) is 16.6 Å². The van der Waals surface area contributed by atoms with Gasteiger partial charge >= 0.3 is 0 Å². The van der Waals surface area contributed by atoms with Crippen molar-refractivity contribution in [1.29, 1.82) is 0 Å². The summed E-state index contributed by atoms with van der Waals surface area (Å²) in [7, 11) is 0. The first-order chi connectivity index (χ1) is 9.84. The second-order valence-electron chi connectivity index (χ2n) is 4.23. The van der Waals surface area contributed by atoms with E-state index in [2.05, 4.69) is 25.3 Å². The molecule has 1 aromatic carbocycles. The van der Waals surface area contributed by atoms with Gasteiger partial charge in [0.1, 0.15) is 18.0 Å². The largest absolute Gasteiger partial charge is 0.369 e. The SMILES string of the molecule is Fc1cccc2ncnc(NCCc3cnccn3)c12. The van der Waals surface area contributed by atoms with Gasteiger partial charge in [-0.05, 0) is 12.1 Å². The van der Waals surface area contributed by atoms with E-state index in [1.165, 1.54) is 12.4 Å². The molecule has 20 heavy (non-hydrogen) atoms. The van der Waals surface area contributed by atoms with Crippen molar-refractivity contribution < 1.29 is 4.39 Å². The number of hydrogen-bond donors (Lipinski definition) is 1. The van der Waals surface area contributed by atoms with E-state index in [1.54, 1.807) is 30.7 Å². The van der Waals surface area contributed by atoms with Gasteiger partial charge < -0.3 is 5.32 Å². The highest BCUT2D eigenvalue weighted by Gasteiger charge is 2.08. The Bertz CT molecular complexity index is 712. The van der Waals surface area contributed by atoms with Crippen LogP contribution in [0.15, 0.2) is 43.1 Å². The molecule has 0 spiro atoms. The van der Waals surface area contributed by atoms with E-state index in [0.29, 0.717) is 29.7 Å². The van der Waals surface area contributed by atoms with Crippen LogP contribution in [0.1, 0.15) is 5.69 Å². The van der Waals surface area contributed by atoms with Crippen LogP contribution in [0.25, 0.3) is 10.9 Å². The Kier molecular flexibility index (Phi) is 3.45. The van der Waals surface area contributed by atoms with Gasteiger partial charge in [-0.1, -0.05) is 6.07 Å². The van der Waals surface area contributed by atoms with Crippen molar-refractivity contribution in [2.24, 2.45) is 0 Å². The number of nitrogens with zero attached hydrogens (tertiary/aromatic N) is 4. The lowest BCUT2D eigenvalue weighted by Gasteiger charge is -2.08. The molecule has 3 aromatic rings. The molecule has 0 aliphatic carbocycles. The fraction of sp³-hybridized carbons (Fsp3) is 0.143. The molecule has 0 aliphatic rings. The zero-order valence-electron chi connectivity index (χ0n) is 10.6. The van der Waals surface area contributed by atoms with Crippen LogP contribution in [-0.2, 0) is 6.42 Å². The Morgan fingerprint density at radius 1 is 1.10 bits per heavy atom. The topological polar surface area (TPSA) is 63.6 Å². The summed E-state index contributed by atoms with van der Waals surface area (Å²) in [4.78, 5) is 16.3. The van der Waals surface area contributed by atoms with Gasteiger partial charge in [-0.3, -0.25) is 9.97 Å². The first-order valence-corrected chi connectivity index (χ1v) is 6.22. The van der Waals surface area contributed by atoms with Gasteiger partial charge in [0, 0.05) is 31.6 Å². The summed E-state index contributed by atoms with van der Waals surface area (Å²) < 4.78 is 13.9. The van der Waals surface area contributed by atoms with E-state index in [1.807, 2.05) is 0 Å². The average molecular weight is 269 g/mol. The molecule has 2 heterocycles. The van der Waals surface area contributed by atoms with Crippen LogP contribution in [0.2, 0.25) is 0 Å². The van der Waals surface area contributed by atoms with Crippen LogP contribution in [0.3, 0.4) is 0 Å². The third-order valence-electron chi connectivity index (χ3n) is 2.90. The lowest BCUT2D eigenvalue weighted by atomic mass is 10.2. The van der Waals surface area contributed by atoms with E-state index in [-0.39, 0.29) is 5.82 Å². The van der Waals surface area contributed by atoms with Crippen molar-refractivity contribution in [2.45, 2.75) is 6.42 Å². The zero-order valence-corrected chi connectivity index (χ0v) is 10.6. The Balaban J connectivity index is 1.78. The smallest absolute Gasteiger partial charge is 0.140 e. The molecule has 0 unspecified atom stereocenters. The molecule has 5 nitrogen and oxygen atoms in total. The lowest BCUT2D eigenvalue weighted by Crippen LogP contribution is -2.08. The summed E-state index contributed by atoms with van der Waals surface area (Å²) in [6.45, 7) is 0.596. The first kappa shape index (κ1) is 12.4. The molecule has 0 saturated heterocycles. The third kappa shape index (κ3) is 2.54. The summed E-state index contributed by atoms with van der Waals surface area (Å²) in [6.07, 6.45) is 7.10. The number of fused-ring (bicyclic) bond motifs is 1. The quantitative estimate of drug-likeness (QED) is 0.786. The molecule has 0 amide bonds. The molecule has 0 saturated carbocycles. The lowest BCUT2D eigenvalue weighted by molar-refractivity contribution is 0.639. The zero-order chi connectivity index (χ0) is 13.8. The van der Waals surface area contributed by atoms with Gasteiger partial charge in [0.25, 0.3) is 0 Å². The molecular formula is C14H12FN5. The predicted octanol–water partition coefficient (Wildman–Crippen LogP) is 2.21. The van der Waals surface area contributed by atoms with E-state index >= 15 is 0 Å². The maximum absolute atomic E-state index is 13.9. The van der Waals surface area contributed by atoms with Crippen LogP contribution in [0.5, 0.6) is 0 Å². The highest BCUT2D eigenvalue weighted by molar-refractivity contribution is 5.89. The minimum absolute atomic E-state index is 0.329. The molecule has 3 rings (SSSR count). The summed E-state index contributed by atoms with van der Waals surface area (Å²) in [5, 5.41) is 3.53. The van der Waals surface area contributed by atoms with Gasteiger partial charge in [-0.25, -0.2) is 14.4 Å². The molecule has 0 aliphatic heterocycles. The molecule has 0 radical (unpaired) electrons. The van der Waals surface area contributed by atoms with Crippen molar-refractivity contribution in [3.05, 3.63) is 54.6 Å². The fourth-order valence-corrected chi connectivity index (χ4v) is 1.97. The Morgan fingerprint density at radius 3 is 2.90 bits per heavy atom. The minimum Gasteiger partial charge on any atom is -0.369 e. The van der Waals surface area contributed by atoms with E-state index in [9.17, 15) is 4.39 Å². The van der Waals surface area contributed by atoms with Gasteiger partial charge in [0.15, 0.2) is 0 Å². The molecule has 2 aromatic heterocycles.